The highest BCUT2D eigenvalue weighted by Crippen LogP contribution is 2.38. The number of allylic oxidation sites excluding steroid dienone is 1. The fourth-order valence-corrected chi connectivity index (χ4v) is 4.16. The van der Waals surface area contributed by atoms with E-state index in [4.69, 9.17) is 4.74 Å². The average molecular weight is 463 g/mol. The Bertz CT molecular complexity index is 1120. The van der Waals surface area contributed by atoms with Crippen LogP contribution in [0.25, 0.3) is 6.08 Å². The van der Waals surface area contributed by atoms with Crippen LogP contribution in [0, 0.1) is 10.1 Å². The molecule has 1 N–H and O–H groups in total. The van der Waals surface area contributed by atoms with Crippen molar-refractivity contribution in [3.63, 3.8) is 0 Å². The number of nitrogens with zero attached hydrogens (tertiary/aromatic N) is 3. The predicted octanol–water partition coefficient (Wildman–Crippen LogP) is 2.90. The molecule has 2 heterocycles. The molecular formula is C25H25N3O6. The van der Waals surface area contributed by atoms with Crippen molar-refractivity contribution in [1.29, 1.82) is 0 Å². The Kier molecular flexibility index (Phi) is 7.15. The average Bonchev–Trinajstić information content (AvgIpc) is 3.12. The maximum Gasteiger partial charge on any atom is 0.290 e. The van der Waals surface area contributed by atoms with Crippen molar-refractivity contribution in [1.82, 2.24) is 9.80 Å². The maximum absolute atomic E-state index is 13.2. The molecule has 1 amide bonds. The van der Waals surface area contributed by atoms with Crippen LogP contribution in [0.15, 0.2) is 72.0 Å². The molecule has 34 heavy (non-hydrogen) atoms. The molecule has 1 unspecified atom stereocenters. The number of carbonyl (C=O) groups excluding carboxylic acids is 2. The number of rotatable bonds is 8. The Labute approximate surface area is 196 Å². The SMILES string of the molecule is O=C(C=Cc1ccccc1)C1=C(O)C(=O)N(CCN2CCOCC2)C1c1ccc([N+](=O)[O-])cc1. The number of ether oxygens (including phenoxy) is 1. The number of aliphatic hydroxyl groups excluding tert-OH is 1. The van der Waals surface area contributed by atoms with E-state index in [0.717, 1.165) is 18.7 Å². The minimum atomic E-state index is -0.845. The van der Waals surface area contributed by atoms with Crippen molar-refractivity contribution in [2.24, 2.45) is 0 Å². The van der Waals surface area contributed by atoms with Crippen LogP contribution in [0.1, 0.15) is 17.2 Å². The smallest absolute Gasteiger partial charge is 0.290 e. The van der Waals surface area contributed by atoms with Gasteiger partial charge in [-0.1, -0.05) is 36.4 Å². The summed E-state index contributed by atoms with van der Waals surface area (Å²) in [6, 6.07) is 14.1. The van der Waals surface area contributed by atoms with Crippen molar-refractivity contribution in [3.05, 3.63) is 93.2 Å². The molecule has 9 nitrogen and oxygen atoms in total. The number of nitro benzene ring substituents is 1. The summed E-state index contributed by atoms with van der Waals surface area (Å²) in [7, 11) is 0. The van der Waals surface area contributed by atoms with Crippen LogP contribution in [0.5, 0.6) is 0 Å². The zero-order valence-electron chi connectivity index (χ0n) is 18.5. The summed E-state index contributed by atoms with van der Waals surface area (Å²) < 4.78 is 5.36. The summed E-state index contributed by atoms with van der Waals surface area (Å²) in [6.45, 7) is 3.51. The van der Waals surface area contributed by atoms with E-state index >= 15 is 0 Å². The number of amides is 1. The topological polar surface area (TPSA) is 113 Å². The van der Waals surface area contributed by atoms with E-state index in [9.17, 15) is 24.8 Å². The van der Waals surface area contributed by atoms with Crippen LogP contribution in [-0.4, -0.2) is 70.9 Å². The van der Waals surface area contributed by atoms with E-state index in [1.165, 1.54) is 35.2 Å². The monoisotopic (exact) mass is 463 g/mol. The summed E-state index contributed by atoms with van der Waals surface area (Å²) in [5, 5.41) is 21.8. The van der Waals surface area contributed by atoms with Crippen molar-refractivity contribution in [3.8, 4) is 0 Å². The second-order valence-corrected chi connectivity index (χ2v) is 8.07. The van der Waals surface area contributed by atoms with E-state index in [-0.39, 0.29) is 17.8 Å². The van der Waals surface area contributed by atoms with E-state index in [0.29, 0.717) is 25.3 Å². The minimum Gasteiger partial charge on any atom is -0.503 e. The van der Waals surface area contributed by atoms with Crippen LogP contribution in [0.4, 0.5) is 5.69 Å². The minimum absolute atomic E-state index is 0.0342. The number of nitro groups is 1. The molecule has 0 radical (unpaired) electrons. The molecule has 0 aromatic heterocycles. The van der Waals surface area contributed by atoms with Gasteiger partial charge in [0.25, 0.3) is 11.6 Å². The lowest BCUT2D eigenvalue weighted by molar-refractivity contribution is -0.384. The van der Waals surface area contributed by atoms with Crippen molar-refractivity contribution in [2.75, 3.05) is 39.4 Å². The second-order valence-electron chi connectivity index (χ2n) is 8.07. The maximum atomic E-state index is 13.2. The first-order valence-electron chi connectivity index (χ1n) is 11.0. The molecule has 0 bridgehead atoms. The standard InChI is InChI=1S/C25H25N3O6/c29-21(11-6-18-4-2-1-3-5-18)22-23(19-7-9-20(10-8-19)28(32)33)27(25(31)24(22)30)13-12-26-14-16-34-17-15-26/h1-11,23,30H,12-17H2. The zero-order valence-corrected chi connectivity index (χ0v) is 18.5. The highest BCUT2D eigenvalue weighted by atomic mass is 16.6. The highest BCUT2D eigenvalue weighted by molar-refractivity contribution is 6.14. The number of carbonyl (C=O) groups is 2. The van der Waals surface area contributed by atoms with E-state index in [1.54, 1.807) is 6.08 Å². The Morgan fingerprint density at radius 3 is 2.41 bits per heavy atom. The first-order chi connectivity index (χ1) is 16.5. The summed E-state index contributed by atoms with van der Waals surface area (Å²) in [5.74, 6) is -1.71. The number of ketones is 1. The molecule has 2 aliphatic heterocycles. The van der Waals surface area contributed by atoms with Gasteiger partial charge in [0.05, 0.1) is 29.8 Å². The highest BCUT2D eigenvalue weighted by Gasteiger charge is 2.43. The molecule has 2 aliphatic rings. The zero-order chi connectivity index (χ0) is 24.1. The fraction of sp³-hybridized carbons (Fsp3) is 0.280. The molecular weight excluding hydrogens is 438 g/mol. The van der Waals surface area contributed by atoms with E-state index < -0.39 is 28.4 Å². The lowest BCUT2D eigenvalue weighted by Gasteiger charge is -2.31. The van der Waals surface area contributed by atoms with E-state index in [2.05, 4.69) is 4.90 Å². The fourth-order valence-electron chi connectivity index (χ4n) is 4.16. The molecule has 1 fully saturated rings. The third kappa shape index (κ3) is 5.05. The first-order valence-corrected chi connectivity index (χ1v) is 11.0. The molecule has 0 saturated carbocycles. The first kappa shape index (κ1) is 23.3. The third-order valence-corrected chi connectivity index (χ3v) is 5.98. The molecule has 0 aliphatic carbocycles. The summed E-state index contributed by atoms with van der Waals surface area (Å²) in [5.41, 5.74) is 1.18. The van der Waals surface area contributed by atoms with Gasteiger partial charge in [0.1, 0.15) is 0 Å². The molecule has 2 aromatic rings. The van der Waals surface area contributed by atoms with Gasteiger partial charge in [0, 0.05) is 38.3 Å². The number of aliphatic hydroxyl groups is 1. The third-order valence-electron chi connectivity index (χ3n) is 5.98. The number of hydrogen-bond donors (Lipinski definition) is 1. The molecule has 2 aromatic carbocycles. The summed E-state index contributed by atoms with van der Waals surface area (Å²) >= 11 is 0. The number of non-ortho nitro benzene ring substituents is 1. The van der Waals surface area contributed by atoms with Crippen LogP contribution in [-0.2, 0) is 14.3 Å². The lowest BCUT2D eigenvalue weighted by atomic mass is 9.95. The second kappa shape index (κ2) is 10.4. The van der Waals surface area contributed by atoms with Crippen molar-refractivity contribution >= 4 is 23.5 Å². The lowest BCUT2D eigenvalue weighted by Crippen LogP contribution is -2.43. The Morgan fingerprint density at radius 1 is 1.09 bits per heavy atom. The van der Waals surface area contributed by atoms with Gasteiger partial charge in [-0.15, -0.1) is 0 Å². The van der Waals surface area contributed by atoms with Gasteiger partial charge < -0.3 is 14.7 Å². The molecule has 1 saturated heterocycles. The number of morpholine rings is 1. The van der Waals surface area contributed by atoms with Gasteiger partial charge in [0.15, 0.2) is 11.5 Å². The summed E-state index contributed by atoms with van der Waals surface area (Å²) in [4.78, 5) is 40.4. The van der Waals surface area contributed by atoms with Gasteiger partial charge in [-0.3, -0.25) is 24.6 Å². The van der Waals surface area contributed by atoms with Crippen LogP contribution in [0.3, 0.4) is 0 Å². The molecule has 4 rings (SSSR count). The van der Waals surface area contributed by atoms with Crippen LogP contribution < -0.4 is 0 Å². The molecule has 176 valence electrons. The normalized spacial score (nSPS) is 19.2. The van der Waals surface area contributed by atoms with Gasteiger partial charge >= 0.3 is 0 Å². The number of benzene rings is 2. The Balaban J connectivity index is 1.64. The molecule has 9 heteroatoms. The van der Waals surface area contributed by atoms with Gasteiger partial charge in [-0.25, -0.2) is 0 Å². The van der Waals surface area contributed by atoms with Gasteiger partial charge in [-0.05, 0) is 29.3 Å². The quantitative estimate of drug-likeness (QED) is 0.364. The van der Waals surface area contributed by atoms with Crippen LogP contribution in [0.2, 0.25) is 0 Å². The van der Waals surface area contributed by atoms with Crippen molar-refractivity contribution in [2.45, 2.75) is 6.04 Å². The van der Waals surface area contributed by atoms with E-state index in [1.807, 2.05) is 30.3 Å². The molecule has 0 spiro atoms. The number of hydrogen-bond acceptors (Lipinski definition) is 7. The molecule has 1 atom stereocenters. The van der Waals surface area contributed by atoms with Crippen molar-refractivity contribution < 1.29 is 24.4 Å². The largest absolute Gasteiger partial charge is 0.503 e. The summed E-state index contributed by atoms with van der Waals surface area (Å²) in [6.07, 6.45) is 2.95. The predicted molar refractivity (Wildman–Crippen MR) is 125 cm³/mol. The van der Waals surface area contributed by atoms with Crippen LogP contribution >= 0.6 is 0 Å². The van der Waals surface area contributed by atoms with Gasteiger partial charge in [-0.2, -0.15) is 0 Å². The Morgan fingerprint density at radius 2 is 1.76 bits per heavy atom. The van der Waals surface area contributed by atoms with Gasteiger partial charge in [0.2, 0.25) is 0 Å². The Hall–Kier alpha value is -3.82.